The molecular formula is C14H13N. The highest BCUT2D eigenvalue weighted by Gasteiger charge is 2.21. The fourth-order valence-corrected chi connectivity index (χ4v) is 2.28. The average Bonchev–Trinajstić information content (AvgIpc) is 2.30. The summed E-state index contributed by atoms with van der Waals surface area (Å²) < 4.78 is 0. The molecule has 1 aromatic rings. The number of rotatable bonds is 0. The van der Waals surface area contributed by atoms with Crippen molar-refractivity contribution in [2.45, 2.75) is 13.0 Å². The number of hydrogen-bond donors (Lipinski definition) is 1. The van der Waals surface area contributed by atoms with Crippen LogP contribution in [0.4, 0.5) is 5.69 Å². The normalized spacial score (nSPS) is 22.1. The molecule has 1 heteroatoms. The molecule has 0 amide bonds. The molecule has 1 unspecified atom stereocenters. The van der Waals surface area contributed by atoms with E-state index in [-0.39, 0.29) is 0 Å². The van der Waals surface area contributed by atoms with Crippen LogP contribution in [0.1, 0.15) is 12.5 Å². The number of nitrogens with one attached hydrogen (secondary N) is 1. The van der Waals surface area contributed by atoms with E-state index in [0.29, 0.717) is 6.04 Å². The molecule has 1 aliphatic heterocycles. The van der Waals surface area contributed by atoms with Gasteiger partial charge in [0.05, 0.1) is 6.04 Å². The predicted molar refractivity (Wildman–Crippen MR) is 64.7 cm³/mol. The quantitative estimate of drug-likeness (QED) is 0.669. The van der Waals surface area contributed by atoms with Gasteiger partial charge in [-0.3, -0.25) is 0 Å². The molecule has 0 spiro atoms. The lowest BCUT2D eigenvalue weighted by atomic mass is 9.88. The minimum absolute atomic E-state index is 0.352. The van der Waals surface area contributed by atoms with Gasteiger partial charge in [0.15, 0.2) is 0 Å². The van der Waals surface area contributed by atoms with Crippen LogP contribution in [0.25, 0.3) is 5.57 Å². The molecule has 0 aromatic heterocycles. The van der Waals surface area contributed by atoms with E-state index in [1.54, 1.807) is 0 Å². The summed E-state index contributed by atoms with van der Waals surface area (Å²) in [5.74, 6) is 0. The van der Waals surface area contributed by atoms with Crippen molar-refractivity contribution >= 4 is 11.3 Å². The molecule has 15 heavy (non-hydrogen) atoms. The summed E-state index contributed by atoms with van der Waals surface area (Å²) in [6.45, 7) is 2.20. The first kappa shape index (κ1) is 8.54. The fraction of sp³-hybridized carbons (Fsp3) is 0.143. The van der Waals surface area contributed by atoms with E-state index in [9.17, 15) is 0 Å². The second-order valence-corrected chi connectivity index (χ2v) is 3.99. The van der Waals surface area contributed by atoms with Crippen LogP contribution in [-0.4, -0.2) is 6.04 Å². The number of benzene rings is 1. The minimum Gasteiger partial charge on any atom is -0.374 e. The molecule has 1 atom stereocenters. The van der Waals surface area contributed by atoms with Crippen LogP contribution in [0.15, 0.2) is 54.1 Å². The minimum atomic E-state index is 0.352. The van der Waals surface area contributed by atoms with Gasteiger partial charge in [-0.15, -0.1) is 0 Å². The first-order valence-corrected chi connectivity index (χ1v) is 5.28. The van der Waals surface area contributed by atoms with Crippen molar-refractivity contribution in [3.05, 3.63) is 59.7 Å². The summed E-state index contributed by atoms with van der Waals surface area (Å²) in [5, 5.41) is 3.53. The molecule has 1 heterocycles. The predicted octanol–water partition coefficient (Wildman–Crippen LogP) is 3.38. The Hall–Kier alpha value is -1.76. The monoisotopic (exact) mass is 195 g/mol. The number of hydrogen-bond acceptors (Lipinski definition) is 1. The molecule has 0 saturated heterocycles. The summed E-state index contributed by atoms with van der Waals surface area (Å²) in [7, 11) is 0. The second-order valence-electron chi connectivity index (χ2n) is 3.99. The first-order chi connectivity index (χ1) is 7.36. The highest BCUT2D eigenvalue weighted by atomic mass is 14.9. The molecule has 0 radical (unpaired) electrons. The Kier molecular flexibility index (Phi) is 1.78. The summed E-state index contributed by atoms with van der Waals surface area (Å²) in [6.07, 6.45) is 8.60. The molecule has 0 fully saturated rings. The maximum atomic E-state index is 3.53. The van der Waals surface area contributed by atoms with E-state index in [1.807, 2.05) is 0 Å². The van der Waals surface area contributed by atoms with Crippen LogP contribution >= 0.6 is 0 Å². The molecule has 74 valence electrons. The van der Waals surface area contributed by atoms with Gasteiger partial charge in [0.1, 0.15) is 0 Å². The smallest absolute Gasteiger partial charge is 0.0704 e. The Bertz CT molecular complexity index is 492. The molecule has 2 aliphatic rings. The maximum absolute atomic E-state index is 3.53. The van der Waals surface area contributed by atoms with Gasteiger partial charge in [-0.1, -0.05) is 42.5 Å². The average molecular weight is 195 g/mol. The van der Waals surface area contributed by atoms with Gasteiger partial charge in [0.25, 0.3) is 0 Å². The van der Waals surface area contributed by atoms with Crippen molar-refractivity contribution < 1.29 is 0 Å². The van der Waals surface area contributed by atoms with Crippen molar-refractivity contribution in [2.75, 3.05) is 5.32 Å². The number of allylic oxidation sites excluding steroid dienone is 3. The van der Waals surface area contributed by atoms with E-state index in [4.69, 9.17) is 0 Å². The first-order valence-electron chi connectivity index (χ1n) is 5.28. The number of fused-ring (bicyclic) bond motifs is 2. The highest BCUT2D eigenvalue weighted by molar-refractivity contribution is 5.84. The van der Waals surface area contributed by atoms with E-state index in [2.05, 4.69) is 60.8 Å². The Morgan fingerprint density at radius 1 is 1.13 bits per heavy atom. The van der Waals surface area contributed by atoms with E-state index in [0.717, 1.165) is 0 Å². The van der Waals surface area contributed by atoms with Crippen LogP contribution in [-0.2, 0) is 0 Å². The van der Waals surface area contributed by atoms with Crippen LogP contribution < -0.4 is 5.32 Å². The number of anilines is 1. The Labute approximate surface area is 89.8 Å². The molecule has 1 aliphatic carbocycles. The van der Waals surface area contributed by atoms with E-state index < -0.39 is 0 Å². The lowest BCUT2D eigenvalue weighted by Crippen LogP contribution is -2.25. The summed E-state index contributed by atoms with van der Waals surface area (Å²) in [4.78, 5) is 0. The Morgan fingerprint density at radius 3 is 2.93 bits per heavy atom. The molecule has 0 saturated carbocycles. The standard InChI is InChI=1S/C14H13N/c1-10-11-6-2-4-8-13(11)15-14-9-5-3-7-12(10)14/h2-9,13,15H,1H3. The third kappa shape index (κ3) is 1.23. The van der Waals surface area contributed by atoms with Gasteiger partial charge < -0.3 is 5.32 Å². The third-order valence-corrected chi connectivity index (χ3v) is 3.10. The lowest BCUT2D eigenvalue weighted by Gasteiger charge is -2.29. The van der Waals surface area contributed by atoms with Crippen molar-refractivity contribution in [3.8, 4) is 0 Å². The van der Waals surface area contributed by atoms with Gasteiger partial charge >= 0.3 is 0 Å². The van der Waals surface area contributed by atoms with Crippen molar-refractivity contribution in [1.29, 1.82) is 0 Å². The van der Waals surface area contributed by atoms with Crippen LogP contribution in [0.5, 0.6) is 0 Å². The molecule has 1 nitrogen and oxygen atoms in total. The van der Waals surface area contributed by atoms with Gasteiger partial charge in [0, 0.05) is 11.3 Å². The summed E-state index contributed by atoms with van der Waals surface area (Å²) in [6, 6.07) is 8.83. The topological polar surface area (TPSA) is 12.0 Å². The van der Waals surface area contributed by atoms with Crippen molar-refractivity contribution in [1.82, 2.24) is 0 Å². The molecular weight excluding hydrogens is 182 g/mol. The highest BCUT2D eigenvalue weighted by Crippen LogP contribution is 2.35. The van der Waals surface area contributed by atoms with Crippen molar-refractivity contribution in [3.63, 3.8) is 0 Å². The summed E-state index contributed by atoms with van der Waals surface area (Å²) in [5.41, 5.74) is 5.33. The van der Waals surface area contributed by atoms with E-state index in [1.165, 1.54) is 22.4 Å². The Balaban J connectivity index is 2.21. The SMILES string of the molecule is CC1=C2C=CC=CC2Nc2ccccc21. The number of para-hydroxylation sites is 1. The molecule has 3 rings (SSSR count). The van der Waals surface area contributed by atoms with Gasteiger partial charge in [-0.2, -0.15) is 0 Å². The van der Waals surface area contributed by atoms with Gasteiger partial charge in [0.2, 0.25) is 0 Å². The molecule has 0 bridgehead atoms. The largest absolute Gasteiger partial charge is 0.374 e. The van der Waals surface area contributed by atoms with Crippen LogP contribution in [0.2, 0.25) is 0 Å². The fourth-order valence-electron chi connectivity index (χ4n) is 2.28. The summed E-state index contributed by atoms with van der Waals surface area (Å²) >= 11 is 0. The third-order valence-electron chi connectivity index (χ3n) is 3.10. The maximum Gasteiger partial charge on any atom is 0.0704 e. The molecule has 1 aromatic carbocycles. The zero-order chi connectivity index (χ0) is 10.3. The zero-order valence-electron chi connectivity index (χ0n) is 8.70. The Morgan fingerprint density at radius 2 is 2.00 bits per heavy atom. The lowest BCUT2D eigenvalue weighted by molar-refractivity contribution is 1.02. The van der Waals surface area contributed by atoms with Gasteiger partial charge in [-0.25, -0.2) is 0 Å². The van der Waals surface area contributed by atoms with Crippen molar-refractivity contribution in [2.24, 2.45) is 0 Å². The van der Waals surface area contributed by atoms with Crippen LogP contribution in [0, 0.1) is 0 Å². The second kappa shape index (κ2) is 3.13. The van der Waals surface area contributed by atoms with Gasteiger partial charge in [-0.05, 0) is 24.1 Å². The van der Waals surface area contributed by atoms with Crippen LogP contribution in [0.3, 0.4) is 0 Å². The molecule has 1 N–H and O–H groups in total. The zero-order valence-corrected chi connectivity index (χ0v) is 8.70. The van der Waals surface area contributed by atoms with E-state index >= 15 is 0 Å².